The van der Waals surface area contributed by atoms with Crippen LogP contribution in [0.25, 0.3) is 0 Å². The summed E-state index contributed by atoms with van der Waals surface area (Å²) < 4.78 is 7.62. The van der Waals surface area contributed by atoms with Crippen molar-refractivity contribution in [3.63, 3.8) is 0 Å². The fourth-order valence-electron chi connectivity index (χ4n) is 4.37. The van der Waals surface area contributed by atoms with E-state index in [0.717, 1.165) is 60.1 Å². The molecular formula is C25H30N3O3+. The molecule has 3 aromatic rings. The molecule has 3 heterocycles. The zero-order chi connectivity index (χ0) is 22.0. The number of piperazine rings is 1. The lowest BCUT2D eigenvalue weighted by molar-refractivity contribution is -0.892. The van der Waals surface area contributed by atoms with Gasteiger partial charge in [-0.05, 0) is 63.2 Å². The summed E-state index contributed by atoms with van der Waals surface area (Å²) in [6, 6.07) is 13.7. The molecule has 6 nitrogen and oxygen atoms in total. The first-order valence-corrected chi connectivity index (χ1v) is 10.8. The molecule has 0 aliphatic carbocycles. The molecule has 1 aromatic carbocycles. The van der Waals surface area contributed by atoms with Crippen molar-refractivity contribution in [3.8, 4) is 0 Å². The van der Waals surface area contributed by atoms with Crippen molar-refractivity contribution in [3.05, 3.63) is 77.0 Å². The molecule has 1 aliphatic heterocycles. The Hall–Kier alpha value is -3.12. The van der Waals surface area contributed by atoms with Gasteiger partial charge >= 0.3 is 0 Å². The quantitative estimate of drug-likeness (QED) is 0.597. The van der Waals surface area contributed by atoms with E-state index in [1.54, 1.807) is 13.2 Å². The standard InChI is InChI=1S/C25H29N3O3/c1-18-15-24(19(2)28(18)16-23-5-4-14-31-23)25(30)17-26-10-12-27(13-11-26)22-8-6-21(7-9-22)20(3)29/h4-9,14-15H,10-13,16-17H2,1-3H3/p+1. The zero-order valence-electron chi connectivity index (χ0n) is 18.5. The van der Waals surface area contributed by atoms with E-state index >= 15 is 0 Å². The third kappa shape index (κ3) is 4.64. The lowest BCUT2D eigenvalue weighted by Gasteiger charge is -2.33. The van der Waals surface area contributed by atoms with Gasteiger partial charge in [-0.2, -0.15) is 0 Å². The average molecular weight is 421 g/mol. The second-order valence-electron chi connectivity index (χ2n) is 8.39. The van der Waals surface area contributed by atoms with Gasteiger partial charge in [-0.1, -0.05) is 0 Å². The molecule has 4 rings (SSSR count). The third-order valence-electron chi connectivity index (χ3n) is 6.29. The maximum atomic E-state index is 13.1. The molecule has 1 saturated heterocycles. The summed E-state index contributed by atoms with van der Waals surface area (Å²) in [7, 11) is 0. The Labute approximate surface area is 183 Å². The van der Waals surface area contributed by atoms with Crippen molar-refractivity contribution in [2.75, 3.05) is 37.6 Å². The molecule has 1 N–H and O–H groups in total. The second kappa shape index (κ2) is 8.94. The summed E-state index contributed by atoms with van der Waals surface area (Å²) in [5.41, 5.74) is 4.77. The predicted octanol–water partition coefficient (Wildman–Crippen LogP) is 2.54. The number of ketones is 2. The molecule has 0 bridgehead atoms. The van der Waals surface area contributed by atoms with Crippen molar-refractivity contribution in [2.24, 2.45) is 0 Å². The molecule has 0 amide bonds. The van der Waals surface area contributed by atoms with E-state index in [2.05, 4.69) is 9.47 Å². The average Bonchev–Trinajstić information content (AvgIpc) is 3.38. The molecule has 1 fully saturated rings. The number of hydrogen-bond donors (Lipinski definition) is 1. The topological polar surface area (TPSA) is 59.9 Å². The van der Waals surface area contributed by atoms with E-state index in [1.807, 2.05) is 56.3 Å². The number of aromatic nitrogens is 1. The van der Waals surface area contributed by atoms with Crippen LogP contribution < -0.4 is 9.80 Å². The van der Waals surface area contributed by atoms with Gasteiger partial charge in [0.05, 0.1) is 39.0 Å². The summed E-state index contributed by atoms with van der Waals surface area (Å²) in [5, 5.41) is 0. The minimum atomic E-state index is 0.0860. The Bertz CT molecular complexity index is 1060. The van der Waals surface area contributed by atoms with Gasteiger partial charge in [-0.25, -0.2) is 0 Å². The number of anilines is 1. The van der Waals surface area contributed by atoms with Crippen LogP contribution in [0.3, 0.4) is 0 Å². The minimum absolute atomic E-state index is 0.0860. The van der Waals surface area contributed by atoms with Crippen LogP contribution in [0.4, 0.5) is 5.69 Å². The van der Waals surface area contributed by atoms with E-state index < -0.39 is 0 Å². The number of furan rings is 1. The summed E-state index contributed by atoms with van der Waals surface area (Å²) in [6.45, 7) is 10.4. The molecule has 0 unspecified atom stereocenters. The molecule has 0 spiro atoms. The molecule has 162 valence electrons. The highest BCUT2D eigenvalue weighted by molar-refractivity contribution is 5.98. The van der Waals surface area contributed by atoms with Gasteiger partial charge in [0.15, 0.2) is 5.78 Å². The molecule has 0 radical (unpaired) electrons. The number of hydrogen-bond acceptors (Lipinski definition) is 4. The first kappa shape index (κ1) is 21.1. The van der Waals surface area contributed by atoms with Crippen LogP contribution in [-0.2, 0) is 6.54 Å². The third-order valence-corrected chi connectivity index (χ3v) is 6.29. The van der Waals surface area contributed by atoms with Crippen molar-refractivity contribution in [2.45, 2.75) is 27.3 Å². The fraction of sp³-hybridized carbons (Fsp3) is 0.360. The molecule has 31 heavy (non-hydrogen) atoms. The second-order valence-corrected chi connectivity index (χ2v) is 8.39. The number of benzene rings is 1. The number of carbonyl (C=O) groups excluding carboxylic acids is 2. The smallest absolute Gasteiger partial charge is 0.218 e. The summed E-state index contributed by atoms with van der Waals surface area (Å²) in [6.07, 6.45) is 1.68. The van der Waals surface area contributed by atoms with E-state index in [1.165, 1.54) is 4.90 Å². The van der Waals surface area contributed by atoms with Crippen LogP contribution in [0, 0.1) is 13.8 Å². The van der Waals surface area contributed by atoms with Gasteiger partial charge in [0.25, 0.3) is 0 Å². The van der Waals surface area contributed by atoms with Crippen LogP contribution in [0.15, 0.2) is 53.1 Å². The highest BCUT2D eigenvalue weighted by atomic mass is 16.3. The number of rotatable bonds is 7. The summed E-state index contributed by atoms with van der Waals surface area (Å²) in [5.74, 6) is 1.18. The Morgan fingerprint density at radius 3 is 2.39 bits per heavy atom. The predicted molar refractivity (Wildman–Crippen MR) is 120 cm³/mol. The lowest BCUT2D eigenvalue weighted by atomic mass is 10.1. The largest absolute Gasteiger partial charge is 0.467 e. The van der Waals surface area contributed by atoms with E-state index in [9.17, 15) is 9.59 Å². The number of Topliss-reactive ketones (excluding diaryl/α,β-unsaturated/α-hetero) is 2. The van der Waals surface area contributed by atoms with Crippen LogP contribution in [0.5, 0.6) is 0 Å². The van der Waals surface area contributed by atoms with Crippen LogP contribution >= 0.6 is 0 Å². The van der Waals surface area contributed by atoms with Crippen LogP contribution in [0.2, 0.25) is 0 Å². The molecule has 2 aromatic heterocycles. The fourth-order valence-corrected chi connectivity index (χ4v) is 4.37. The molecule has 1 aliphatic rings. The van der Waals surface area contributed by atoms with Gasteiger partial charge < -0.3 is 18.8 Å². The van der Waals surface area contributed by atoms with Gasteiger partial charge in [0.2, 0.25) is 5.78 Å². The SMILES string of the molecule is CC(=O)c1ccc(N2CC[NH+](CC(=O)c3cc(C)n(Cc4ccco4)c3C)CC2)cc1. The van der Waals surface area contributed by atoms with Gasteiger partial charge in [0, 0.05) is 28.2 Å². The van der Waals surface area contributed by atoms with Crippen LogP contribution in [-0.4, -0.2) is 48.9 Å². The van der Waals surface area contributed by atoms with Crippen molar-refractivity contribution < 1.29 is 18.9 Å². The Morgan fingerprint density at radius 2 is 1.77 bits per heavy atom. The maximum absolute atomic E-state index is 13.1. The number of quaternary nitrogens is 1. The molecule has 6 heteroatoms. The zero-order valence-corrected chi connectivity index (χ0v) is 18.5. The summed E-state index contributed by atoms with van der Waals surface area (Å²) >= 11 is 0. The van der Waals surface area contributed by atoms with Crippen LogP contribution in [0.1, 0.15) is 44.8 Å². The number of carbonyl (C=O) groups is 2. The minimum Gasteiger partial charge on any atom is -0.467 e. The Morgan fingerprint density at radius 1 is 1.06 bits per heavy atom. The normalized spacial score (nSPS) is 14.7. The number of aryl methyl sites for hydroxylation is 1. The van der Waals surface area contributed by atoms with Crippen molar-refractivity contribution in [1.29, 1.82) is 0 Å². The van der Waals surface area contributed by atoms with E-state index in [-0.39, 0.29) is 11.6 Å². The maximum Gasteiger partial charge on any atom is 0.218 e. The Balaban J connectivity index is 1.35. The monoisotopic (exact) mass is 420 g/mol. The van der Waals surface area contributed by atoms with Crippen molar-refractivity contribution in [1.82, 2.24) is 4.57 Å². The van der Waals surface area contributed by atoms with E-state index in [4.69, 9.17) is 4.42 Å². The molecule has 0 saturated carbocycles. The van der Waals surface area contributed by atoms with Gasteiger partial charge in [0.1, 0.15) is 12.3 Å². The first-order chi connectivity index (χ1) is 14.9. The number of nitrogens with one attached hydrogen (secondary N) is 1. The highest BCUT2D eigenvalue weighted by Gasteiger charge is 2.25. The van der Waals surface area contributed by atoms with Gasteiger partial charge in [-0.3, -0.25) is 9.59 Å². The van der Waals surface area contributed by atoms with Gasteiger partial charge in [-0.15, -0.1) is 0 Å². The van der Waals surface area contributed by atoms with Crippen molar-refractivity contribution >= 4 is 17.3 Å². The Kier molecular flexibility index (Phi) is 6.09. The highest BCUT2D eigenvalue weighted by Crippen LogP contribution is 2.18. The number of nitrogens with zero attached hydrogens (tertiary/aromatic N) is 2. The van der Waals surface area contributed by atoms with E-state index in [0.29, 0.717) is 13.1 Å². The molecule has 0 atom stereocenters. The summed E-state index contributed by atoms with van der Waals surface area (Å²) in [4.78, 5) is 28.2. The first-order valence-electron chi connectivity index (χ1n) is 10.8. The molecular weight excluding hydrogens is 390 g/mol. The lowest BCUT2D eigenvalue weighted by Crippen LogP contribution is -3.15.